The molecule has 1 atom stereocenters. The van der Waals surface area contributed by atoms with Crippen LogP contribution >= 0.6 is 11.6 Å². The summed E-state index contributed by atoms with van der Waals surface area (Å²) in [6, 6.07) is 1.79. The van der Waals surface area contributed by atoms with Crippen LogP contribution in [-0.2, 0) is 11.2 Å². The Kier molecular flexibility index (Phi) is 5.14. The second kappa shape index (κ2) is 6.74. The van der Waals surface area contributed by atoms with E-state index in [0.29, 0.717) is 12.1 Å². The number of aromatic amines is 1. The number of alkyl carbamates (subject to hydrolysis) is 1. The summed E-state index contributed by atoms with van der Waals surface area (Å²) in [5.41, 5.74) is 0.966. The highest BCUT2D eigenvalue weighted by molar-refractivity contribution is 6.28. The molecule has 2 heterocycles. The van der Waals surface area contributed by atoms with E-state index in [2.05, 4.69) is 20.3 Å². The van der Waals surface area contributed by atoms with Gasteiger partial charge in [0.2, 0.25) is 5.28 Å². The number of hydrogen-bond donors (Lipinski definition) is 2. The van der Waals surface area contributed by atoms with E-state index in [-0.39, 0.29) is 17.2 Å². The van der Waals surface area contributed by atoms with E-state index < -0.39 is 11.7 Å². The Hall–Kier alpha value is -1.82. The highest BCUT2D eigenvalue weighted by Crippen LogP contribution is 2.20. The Balaban J connectivity index is 2.18. The zero-order chi connectivity index (χ0) is 17.2. The molecule has 0 aliphatic carbocycles. The van der Waals surface area contributed by atoms with Gasteiger partial charge in [-0.15, -0.1) is 0 Å². The van der Waals surface area contributed by atoms with Gasteiger partial charge in [0.1, 0.15) is 11.2 Å². The minimum Gasteiger partial charge on any atom is -0.444 e. The molecule has 0 spiro atoms. The monoisotopic (exact) mass is 338 g/mol. The van der Waals surface area contributed by atoms with Gasteiger partial charge >= 0.3 is 6.09 Å². The van der Waals surface area contributed by atoms with Crippen molar-refractivity contribution in [1.82, 2.24) is 20.3 Å². The predicted octanol–water partition coefficient (Wildman–Crippen LogP) is 3.70. The molecule has 6 nitrogen and oxygen atoms in total. The van der Waals surface area contributed by atoms with Gasteiger partial charge in [0.15, 0.2) is 0 Å². The highest BCUT2D eigenvalue weighted by atomic mass is 35.5. The summed E-state index contributed by atoms with van der Waals surface area (Å²) >= 11 is 5.98. The van der Waals surface area contributed by atoms with Crippen LogP contribution in [0.3, 0.4) is 0 Å². The normalized spacial score (nSPS) is 13.3. The van der Waals surface area contributed by atoms with Crippen molar-refractivity contribution in [2.24, 2.45) is 5.92 Å². The van der Waals surface area contributed by atoms with Crippen molar-refractivity contribution < 1.29 is 9.53 Å². The van der Waals surface area contributed by atoms with E-state index in [0.717, 1.165) is 11.1 Å². The second-order valence-electron chi connectivity index (χ2n) is 6.88. The molecule has 0 bridgehead atoms. The fraction of sp³-hybridized carbons (Fsp3) is 0.562. The number of hydrogen-bond acceptors (Lipinski definition) is 4. The Morgan fingerprint density at radius 1 is 1.39 bits per heavy atom. The van der Waals surface area contributed by atoms with Gasteiger partial charge in [0.05, 0.1) is 5.69 Å². The maximum Gasteiger partial charge on any atom is 0.407 e. The number of halogens is 1. The van der Waals surface area contributed by atoms with Crippen molar-refractivity contribution in [3.63, 3.8) is 0 Å². The third-order valence-corrected chi connectivity index (χ3v) is 3.56. The van der Waals surface area contributed by atoms with E-state index in [1.165, 1.54) is 0 Å². The Labute approximate surface area is 141 Å². The molecule has 0 aromatic carbocycles. The number of rotatable bonds is 4. The van der Waals surface area contributed by atoms with Crippen molar-refractivity contribution in [3.8, 4) is 0 Å². The van der Waals surface area contributed by atoms with Gasteiger partial charge in [-0.25, -0.2) is 9.78 Å². The summed E-state index contributed by atoms with van der Waals surface area (Å²) in [6.45, 7) is 9.60. The summed E-state index contributed by atoms with van der Waals surface area (Å²) in [6.07, 6.45) is 1.92. The molecule has 0 radical (unpaired) electrons. The van der Waals surface area contributed by atoms with Crippen LogP contribution in [0.4, 0.5) is 4.79 Å². The maximum atomic E-state index is 12.0. The first-order valence-electron chi connectivity index (χ1n) is 7.64. The molecule has 0 saturated heterocycles. The number of carbonyl (C=O) groups is 1. The predicted molar refractivity (Wildman–Crippen MR) is 90.6 cm³/mol. The first-order chi connectivity index (χ1) is 10.7. The fourth-order valence-electron chi connectivity index (χ4n) is 2.25. The van der Waals surface area contributed by atoms with E-state index in [9.17, 15) is 4.79 Å². The van der Waals surface area contributed by atoms with Gasteiger partial charge in [-0.3, -0.25) is 0 Å². The molecule has 2 aromatic heterocycles. The number of ether oxygens (including phenoxy) is 1. The second-order valence-corrected chi connectivity index (χ2v) is 7.22. The van der Waals surface area contributed by atoms with Crippen molar-refractivity contribution in [2.75, 3.05) is 0 Å². The molecule has 0 unspecified atom stereocenters. The number of H-pyrrole nitrogens is 1. The standard InChI is InChI=1S/C16H23ClN4O2/c1-9(2)11(20-15(22)23-16(3,4)5)8-12-10-6-7-18-13(10)21-14(17)19-12/h6-7,9,11H,8H2,1-5H3,(H,20,22)(H,18,19,21)/t11-/m0/s1. The van der Waals surface area contributed by atoms with Crippen LogP contribution in [0.5, 0.6) is 0 Å². The molecular weight excluding hydrogens is 316 g/mol. The topological polar surface area (TPSA) is 79.9 Å². The van der Waals surface area contributed by atoms with Crippen molar-refractivity contribution in [1.29, 1.82) is 0 Å². The zero-order valence-corrected chi connectivity index (χ0v) is 14.9. The molecule has 2 rings (SSSR count). The van der Waals surface area contributed by atoms with E-state index in [4.69, 9.17) is 16.3 Å². The lowest BCUT2D eigenvalue weighted by Gasteiger charge is -2.25. The molecule has 0 aliphatic rings. The van der Waals surface area contributed by atoms with Gasteiger partial charge in [-0.05, 0) is 44.4 Å². The number of aromatic nitrogens is 3. The summed E-state index contributed by atoms with van der Waals surface area (Å²) in [4.78, 5) is 23.5. The van der Waals surface area contributed by atoms with Crippen LogP contribution in [0.2, 0.25) is 5.28 Å². The quantitative estimate of drug-likeness (QED) is 0.833. The SMILES string of the molecule is CC(C)[C@H](Cc1nc(Cl)nc2[nH]ccc12)NC(=O)OC(C)(C)C. The van der Waals surface area contributed by atoms with Crippen LogP contribution in [0.15, 0.2) is 12.3 Å². The fourth-order valence-corrected chi connectivity index (χ4v) is 2.44. The van der Waals surface area contributed by atoms with E-state index in [1.54, 1.807) is 6.20 Å². The lowest BCUT2D eigenvalue weighted by Crippen LogP contribution is -2.43. The van der Waals surface area contributed by atoms with Crippen molar-refractivity contribution in [3.05, 3.63) is 23.2 Å². The van der Waals surface area contributed by atoms with E-state index >= 15 is 0 Å². The van der Waals surface area contributed by atoms with Crippen LogP contribution in [-0.4, -0.2) is 32.7 Å². The average molecular weight is 339 g/mol. The lowest BCUT2D eigenvalue weighted by atomic mass is 9.98. The van der Waals surface area contributed by atoms with Gasteiger partial charge in [-0.1, -0.05) is 13.8 Å². The van der Waals surface area contributed by atoms with Gasteiger partial charge in [-0.2, -0.15) is 4.98 Å². The summed E-state index contributed by atoms with van der Waals surface area (Å²) in [5, 5.41) is 4.02. The molecule has 1 amide bonds. The number of carbonyl (C=O) groups excluding carboxylic acids is 1. The highest BCUT2D eigenvalue weighted by Gasteiger charge is 2.23. The number of fused-ring (bicyclic) bond motifs is 1. The first-order valence-corrected chi connectivity index (χ1v) is 8.02. The van der Waals surface area contributed by atoms with E-state index in [1.807, 2.05) is 40.7 Å². The Morgan fingerprint density at radius 3 is 2.70 bits per heavy atom. The number of nitrogens with one attached hydrogen (secondary N) is 2. The van der Waals surface area contributed by atoms with Crippen LogP contribution in [0.25, 0.3) is 11.0 Å². The van der Waals surface area contributed by atoms with Crippen molar-refractivity contribution in [2.45, 2.75) is 52.7 Å². The molecule has 0 saturated carbocycles. The van der Waals surface area contributed by atoms with Gasteiger partial charge in [0, 0.05) is 24.0 Å². The molecule has 2 N–H and O–H groups in total. The molecule has 0 fully saturated rings. The summed E-state index contributed by atoms with van der Waals surface area (Å²) < 4.78 is 5.34. The molecule has 23 heavy (non-hydrogen) atoms. The van der Waals surface area contributed by atoms with Crippen LogP contribution in [0, 0.1) is 5.92 Å². The molecule has 126 valence electrons. The zero-order valence-electron chi connectivity index (χ0n) is 14.1. The third kappa shape index (κ3) is 4.82. The minimum absolute atomic E-state index is 0.117. The largest absolute Gasteiger partial charge is 0.444 e. The Bertz CT molecular complexity index is 691. The van der Waals surface area contributed by atoms with Crippen LogP contribution < -0.4 is 5.32 Å². The summed E-state index contributed by atoms with van der Waals surface area (Å²) in [5.74, 6) is 0.213. The number of amides is 1. The van der Waals surface area contributed by atoms with Gasteiger partial charge < -0.3 is 15.0 Å². The van der Waals surface area contributed by atoms with Crippen LogP contribution in [0.1, 0.15) is 40.3 Å². The Morgan fingerprint density at radius 2 is 2.09 bits per heavy atom. The molecular formula is C16H23ClN4O2. The third-order valence-electron chi connectivity index (χ3n) is 3.39. The first kappa shape index (κ1) is 17.5. The minimum atomic E-state index is -0.530. The van der Waals surface area contributed by atoms with Crippen molar-refractivity contribution >= 4 is 28.7 Å². The average Bonchev–Trinajstić information content (AvgIpc) is 2.83. The maximum absolute atomic E-state index is 12.0. The smallest absolute Gasteiger partial charge is 0.407 e. The number of nitrogens with zero attached hydrogens (tertiary/aromatic N) is 2. The summed E-state index contributed by atoms with van der Waals surface area (Å²) in [7, 11) is 0. The van der Waals surface area contributed by atoms with Gasteiger partial charge in [0.25, 0.3) is 0 Å². The molecule has 2 aromatic rings. The molecule has 7 heteroatoms. The lowest BCUT2D eigenvalue weighted by molar-refractivity contribution is 0.0490. The molecule has 0 aliphatic heterocycles.